The number of ether oxygens (including phenoxy) is 1. The summed E-state index contributed by atoms with van der Waals surface area (Å²) < 4.78 is 5.26. The summed E-state index contributed by atoms with van der Waals surface area (Å²) in [7, 11) is 1.63. The highest BCUT2D eigenvalue weighted by atomic mass is 32.2. The molecule has 0 aromatic heterocycles. The van der Waals surface area contributed by atoms with Crippen molar-refractivity contribution in [3.05, 3.63) is 89.0 Å². The third kappa shape index (κ3) is 7.04. The van der Waals surface area contributed by atoms with Gasteiger partial charge in [-0.15, -0.1) is 0 Å². The Labute approximate surface area is 229 Å². The summed E-state index contributed by atoms with van der Waals surface area (Å²) in [6, 6.07) is 21.6. The number of carbonyl (C=O) groups excluding carboxylic acids is 2. The second-order valence-electron chi connectivity index (χ2n) is 9.59. The van der Waals surface area contributed by atoms with Crippen molar-refractivity contribution in [1.82, 2.24) is 4.90 Å². The number of nitrogens with zero attached hydrogens (tertiary/aromatic N) is 2. The lowest BCUT2D eigenvalue weighted by Crippen LogP contribution is -2.33. The lowest BCUT2D eigenvalue weighted by atomic mass is 10.1. The van der Waals surface area contributed by atoms with E-state index in [2.05, 4.69) is 19.2 Å². The predicted octanol–water partition coefficient (Wildman–Crippen LogP) is 6.82. The molecule has 0 aliphatic carbocycles. The van der Waals surface area contributed by atoms with Crippen LogP contribution in [0.5, 0.6) is 5.75 Å². The van der Waals surface area contributed by atoms with E-state index >= 15 is 0 Å². The van der Waals surface area contributed by atoms with Crippen molar-refractivity contribution in [3.63, 3.8) is 0 Å². The lowest BCUT2D eigenvalue weighted by molar-refractivity contribution is -0.128. The van der Waals surface area contributed by atoms with Crippen molar-refractivity contribution in [2.75, 3.05) is 12.4 Å². The first kappa shape index (κ1) is 27.5. The van der Waals surface area contributed by atoms with Crippen LogP contribution in [0.1, 0.15) is 48.4 Å². The molecular weight excluding hydrogens is 494 g/mol. The predicted molar refractivity (Wildman–Crippen MR) is 156 cm³/mol. The summed E-state index contributed by atoms with van der Waals surface area (Å²) in [5.74, 6) is 0.459. The van der Waals surface area contributed by atoms with Gasteiger partial charge in [-0.25, -0.2) is 4.99 Å². The molecule has 1 N–H and O–H groups in total. The number of hydrogen-bond acceptors (Lipinski definition) is 5. The highest BCUT2D eigenvalue weighted by Gasteiger charge is 2.39. The standard InChI is InChI=1S/C31H35N3O3S/c1-5-6-7-23-9-14-25(15-10-23)32-29(35)19-28-30(36)34(20-24-11-16-27(37-4)17-12-24)31(38-28)33-26-13-8-21(2)22(3)18-26/h8-18,28H,5-7,19-20H2,1-4H3,(H,32,35)/t28-/m1/s1. The molecule has 1 saturated heterocycles. The fraction of sp³-hybridized carbons (Fsp3) is 0.323. The SMILES string of the molecule is CCCCc1ccc(NC(=O)C[C@H]2SC(=Nc3ccc(C)c(C)c3)N(Cc3ccc(OC)cc3)C2=O)cc1. The molecule has 4 rings (SSSR count). The summed E-state index contributed by atoms with van der Waals surface area (Å²) in [4.78, 5) is 32.9. The van der Waals surface area contributed by atoms with Gasteiger partial charge in [-0.2, -0.15) is 0 Å². The molecule has 1 aliphatic heterocycles. The van der Waals surface area contributed by atoms with Crippen LogP contribution in [0.2, 0.25) is 0 Å². The molecule has 1 aliphatic rings. The van der Waals surface area contributed by atoms with Crippen LogP contribution in [-0.4, -0.2) is 34.2 Å². The van der Waals surface area contributed by atoms with Crippen LogP contribution in [-0.2, 0) is 22.6 Å². The molecule has 6 nitrogen and oxygen atoms in total. The maximum absolute atomic E-state index is 13.5. The zero-order chi connectivity index (χ0) is 27.1. The van der Waals surface area contributed by atoms with Gasteiger partial charge in [0.15, 0.2) is 5.17 Å². The highest BCUT2D eigenvalue weighted by molar-refractivity contribution is 8.15. The molecule has 1 atom stereocenters. The minimum atomic E-state index is -0.539. The van der Waals surface area contributed by atoms with Crippen LogP contribution in [0.4, 0.5) is 11.4 Å². The first-order chi connectivity index (χ1) is 18.4. The number of methoxy groups -OCH3 is 1. The molecule has 3 aromatic rings. The Hall–Kier alpha value is -3.58. The smallest absolute Gasteiger partial charge is 0.242 e. The minimum Gasteiger partial charge on any atom is -0.497 e. The molecule has 0 radical (unpaired) electrons. The fourth-order valence-electron chi connectivity index (χ4n) is 4.21. The number of hydrogen-bond donors (Lipinski definition) is 1. The number of benzene rings is 3. The Bertz CT molecular complexity index is 1300. The van der Waals surface area contributed by atoms with E-state index in [1.165, 1.54) is 22.9 Å². The van der Waals surface area contributed by atoms with E-state index in [1.807, 2.05) is 73.7 Å². The number of thioether (sulfide) groups is 1. The number of rotatable bonds is 10. The molecule has 38 heavy (non-hydrogen) atoms. The average Bonchev–Trinajstić information content (AvgIpc) is 3.19. The third-order valence-electron chi connectivity index (χ3n) is 6.66. The van der Waals surface area contributed by atoms with Gasteiger partial charge in [0.2, 0.25) is 11.8 Å². The summed E-state index contributed by atoms with van der Waals surface area (Å²) in [6.07, 6.45) is 3.40. The van der Waals surface area contributed by atoms with E-state index in [1.54, 1.807) is 12.0 Å². The van der Waals surface area contributed by atoms with E-state index in [-0.39, 0.29) is 18.2 Å². The maximum Gasteiger partial charge on any atom is 0.242 e. The molecule has 2 amide bonds. The van der Waals surface area contributed by atoms with Crippen molar-refractivity contribution in [2.24, 2.45) is 4.99 Å². The topological polar surface area (TPSA) is 71.0 Å². The molecule has 1 heterocycles. The van der Waals surface area contributed by atoms with Crippen molar-refractivity contribution < 1.29 is 14.3 Å². The summed E-state index contributed by atoms with van der Waals surface area (Å²) in [6.45, 7) is 6.65. The van der Waals surface area contributed by atoms with Gasteiger partial charge in [0.25, 0.3) is 0 Å². The van der Waals surface area contributed by atoms with E-state index in [9.17, 15) is 9.59 Å². The maximum atomic E-state index is 13.5. The van der Waals surface area contributed by atoms with Gasteiger partial charge in [0, 0.05) is 12.1 Å². The normalized spacial score (nSPS) is 16.2. The number of anilines is 1. The van der Waals surface area contributed by atoms with Crippen LogP contribution in [0.15, 0.2) is 71.7 Å². The van der Waals surface area contributed by atoms with Gasteiger partial charge in [-0.3, -0.25) is 14.5 Å². The molecule has 0 spiro atoms. The number of amides is 2. The summed E-state index contributed by atoms with van der Waals surface area (Å²) in [5.41, 5.74) is 6.07. The van der Waals surface area contributed by atoms with Crippen molar-refractivity contribution in [3.8, 4) is 5.75 Å². The van der Waals surface area contributed by atoms with Crippen molar-refractivity contribution in [1.29, 1.82) is 0 Å². The van der Waals surface area contributed by atoms with Gasteiger partial charge < -0.3 is 10.1 Å². The Morgan fingerprint density at radius 3 is 2.37 bits per heavy atom. The van der Waals surface area contributed by atoms with Gasteiger partial charge in [-0.05, 0) is 85.3 Å². The Morgan fingerprint density at radius 1 is 1.00 bits per heavy atom. The molecule has 1 fully saturated rings. The van der Waals surface area contributed by atoms with Crippen LogP contribution in [0, 0.1) is 13.8 Å². The first-order valence-electron chi connectivity index (χ1n) is 13.0. The zero-order valence-electron chi connectivity index (χ0n) is 22.5. The van der Waals surface area contributed by atoms with Crippen LogP contribution >= 0.6 is 11.8 Å². The lowest BCUT2D eigenvalue weighted by Gasteiger charge is -2.17. The van der Waals surface area contributed by atoms with Gasteiger partial charge in [0.05, 0.1) is 19.3 Å². The number of aliphatic imine (C=N–C) groups is 1. The number of unbranched alkanes of at least 4 members (excludes halogenated alkanes) is 1. The molecule has 3 aromatic carbocycles. The Kier molecular flexibility index (Phi) is 9.24. The summed E-state index contributed by atoms with van der Waals surface area (Å²) in [5, 5.41) is 3.02. The Balaban J connectivity index is 1.50. The largest absolute Gasteiger partial charge is 0.497 e. The van der Waals surface area contributed by atoms with Gasteiger partial charge in [-0.1, -0.05) is 55.4 Å². The monoisotopic (exact) mass is 529 g/mol. The fourth-order valence-corrected chi connectivity index (χ4v) is 5.36. The third-order valence-corrected chi connectivity index (χ3v) is 7.84. The first-order valence-corrected chi connectivity index (χ1v) is 13.9. The second kappa shape index (κ2) is 12.8. The molecule has 7 heteroatoms. The second-order valence-corrected chi connectivity index (χ2v) is 10.8. The minimum absolute atomic E-state index is 0.0755. The number of aryl methyl sites for hydroxylation is 3. The van der Waals surface area contributed by atoms with Crippen LogP contribution in [0.25, 0.3) is 0 Å². The molecular formula is C31H35N3O3S. The van der Waals surface area contributed by atoms with Gasteiger partial charge in [0.1, 0.15) is 11.0 Å². The molecule has 0 saturated carbocycles. The quantitative estimate of drug-likeness (QED) is 0.313. The number of carbonyl (C=O) groups is 2. The van der Waals surface area contributed by atoms with E-state index in [0.29, 0.717) is 11.7 Å². The zero-order valence-corrected chi connectivity index (χ0v) is 23.3. The average molecular weight is 530 g/mol. The van der Waals surface area contributed by atoms with Gasteiger partial charge >= 0.3 is 0 Å². The molecule has 0 unspecified atom stereocenters. The number of amidine groups is 1. The summed E-state index contributed by atoms with van der Waals surface area (Å²) >= 11 is 1.35. The molecule has 198 valence electrons. The van der Waals surface area contributed by atoms with E-state index in [4.69, 9.17) is 9.73 Å². The molecule has 0 bridgehead atoms. The van der Waals surface area contributed by atoms with E-state index < -0.39 is 5.25 Å². The highest BCUT2D eigenvalue weighted by Crippen LogP contribution is 2.33. The van der Waals surface area contributed by atoms with Crippen LogP contribution in [0.3, 0.4) is 0 Å². The number of nitrogens with one attached hydrogen (secondary N) is 1. The van der Waals surface area contributed by atoms with Crippen molar-refractivity contribution in [2.45, 2.75) is 58.2 Å². The van der Waals surface area contributed by atoms with Crippen LogP contribution < -0.4 is 10.1 Å². The Morgan fingerprint density at radius 2 is 1.71 bits per heavy atom. The van der Waals surface area contributed by atoms with E-state index in [0.717, 1.165) is 47.5 Å². The van der Waals surface area contributed by atoms with Crippen molar-refractivity contribution >= 4 is 40.1 Å².